The Bertz CT molecular complexity index is 405. The Balaban J connectivity index is 3.40. The van der Waals surface area contributed by atoms with E-state index in [4.69, 9.17) is 11.5 Å². The number of nitrogens with two attached hydrogens (primary N) is 2. The Kier molecular flexibility index (Phi) is 22.0. The molecule has 1 amide bonds. The molecule has 0 aliphatic rings. The van der Waals surface area contributed by atoms with Gasteiger partial charge in [0.25, 0.3) is 0 Å². The molecule has 0 bridgehead atoms. The van der Waals surface area contributed by atoms with E-state index in [2.05, 4.69) is 17.6 Å². The van der Waals surface area contributed by atoms with Crippen LogP contribution in [0.2, 0.25) is 0 Å². The average molecular weight is 427 g/mol. The number of nitrogens with one attached hydrogen (secondary N) is 2. The van der Waals surface area contributed by atoms with Crippen LogP contribution in [0.3, 0.4) is 0 Å². The third kappa shape index (κ3) is 20.3. The van der Waals surface area contributed by atoms with Gasteiger partial charge in [-0.2, -0.15) is 0 Å². The van der Waals surface area contributed by atoms with E-state index < -0.39 is 0 Å². The average Bonchev–Trinajstić information content (AvgIpc) is 2.74. The molecule has 1 atom stereocenters. The van der Waals surface area contributed by atoms with Crippen LogP contribution in [0.25, 0.3) is 0 Å². The highest BCUT2D eigenvalue weighted by molar-refractivity contribution is 5.83. The monoisotopic (exact) mass is 426 g/mol. The van der Waals surface area contributed by atoms with E-state index in [0.29, 0.717) is 19.4 Å². The molecular weight excluding hydrogens is 376 g/mol. The number of carbonyl (C=O) groups is 2. The predicted molar refractivity (Wildman–Crippen MR) is 127 cm³/mol. The molecule has 0 spiro atoms. The molecule has 6 nitrogen and oxygen atoms in total. The summed E-state index contributed by atoms with van der Waals surface area (Å²) in [5, 5.41) is 6.36. The Morgan fingerprint density at radius 1 is 0.733 bits per heavy atom. The Morgan fingerprint density at radius 3 is 2.03 bits per heavy atom. The number of rotatable bonds is 23. The maximum atomic E-state index is 12.1. The summed E-state index contributed by atoms with van der Waals surface area (Å²) in [7, 11) is 0. The highest BCUT2D eigenvalue weighted by Crippen LogP contribution is 2.10. The number of hydrogen-bond acceptors (Lipinski definition) is 5. The fourth-order valence-corrected chi connectivity index (χ4v) is 3.47. The Morgan fingerprint density at radius 2 is 1.33 bits per heavy atom. The number of ketones is 1. The van der Waals surface area contributed by atoms with Crippen molar-refractivity contribution in [2.24, 2.45) is 11.5 Å². The molecule has 178 valence electrons. The number of amides is 1. The van der Waals surface area contributed by atoms with Gasteiger partial charge in [-0.3, -0.25) is 9.59 Å². The van der Waals surface area contributed by atoms with Crippen LogP contribution >= 0.6 is 0 Å². The van der Waals surface area contributed by atoms with Crippen LogP contribution in [0.15, 0.2) is 0 Å². The second kappa shape index (κ2) is 22.7. The topological polar surface area (TPSA) is 110 Å². The maximum absolute atomic E-state index is 12.1. The molecule has 0 aromatic carbocycles. The molecule has 0 aromatic rings. The summed E-state index contributed by atoms with van der Waals surface area (Å²) in [5.41, 5.74) is 11.5. The van der Waals surface area contributed by atoms with Crippen molar-refractivity contribution in [1.82, 2.24) is 10.6 Å². The Labute approximate surface area is 185 Å². The fourth-order valence-electron chi connectivity index (χ4n) is 3.47. The van der Waals surface area contributed by atoms with Crippen LogP contribution in [0.1, 0.15) is 110 Å². The lowest BCUT2D eigenvalue weighted by Crippen LogP contribution is -2.30. The molecule has 6 heteroatoms. The van der Waals surface area contributed by atoms with Gasteiger partial charge >= 0.3 is 0 Å². The molecule has 0 saturated heterocycles. The zero-order valence-corrected chi connectivity index (χ0v) is 19.7. The normalized spacial score (nSPS) is 12.1. The van der Waals surface area contributed by atoms with E-state index >= 15 is 0 Å². The minimum Gasteiger partial charge on any atom is -0.356 e. The first kappa shape index (κ1) is 29.0. The lowest BCUT2D eigenvalue weighted by Gasteiger charge is -2.11. The Hall–Kier alpha value is -0.980. The minimum atomic E-state index is -0.336. The molecule has 0 rings (SSSR count). The summed E-state index contributed by atoms with van der Waals surface area (Å²) < 4.78 is 0. The van der Waals surface area contributed by atoms with Crippen molar-refractivity contribution >= 4 is 11.7 Å². The van der Waals surface area contributed by atoms with Crippen molar-refractivity contribution < 1.29 is 9.59 Å². The van der Waals surface area contributed by atoms with Crippen LogP contribution in [-0.4, -0.2) is 43.9 Å². The summed E-state index contributed by atoms with van der Waals surface area (Å²) >= 11 is 0. The van der Waals surface area contributed by atoms with Gasteiger partial charge in [0.1, 0.15) is 5.78 Å². The first-order valence-corrected chi connectivity index (χ1v) is 12.6. The van der Waals surface area contributed by atoms with E-state index in [-0.39, 0.29) is 17.7 Å². The maximum Gasteiger partial charge on any atom is 0.219 e. The second-order valence-electron chi connectivity index (χ2n) is 8.49. The summed E-state index contributed by atoms with van der Waals surface area (Å²) in [6.45, 7) is 5.71. The lowest BCUT2D eigenvalue weighted by molar-refractivity contribution is -0.122. The highest BCUT2D eigenvalue weighted by atomic mass is 16.1. The van der Waals surface area contributed by atoms with E-state index in [1.807, 2.05) is 0 Å². The van der Waals surface area contributed by atoms with Crippen molar-refractivity contribution in [2.75, 3.05) is 26.2 Å². The van der Waals surface area contributed by atoms with Gasteiger partial charge in [0.15, 0.2) is 0 Å². The van der Waals surface area contributed by atoms with Crippen molar-refractivity contribution in [1.29, 1.82) is 0 Å². The largest absolute Gasteiger partial charge is 0.356 e. The van der Waals surface area contributed by atoms with Crippen LogP contribution < -0.4 is 22.1 Å². The number of hydrogen-bond donors (Lipinski definition) is 4. The molecule has 0 aliphatic heterocycles. The molecule has 6 N–H and O–H groups in total. The van der Waals surface area contributed by atoms with Gasteiger partial charge in [0.2, 0.25) is 5.91 Å². The van der Waals surface area contributed by atoms with E-state index in [0.717, 1.165) is 77.4 Å². The van der Waals surface area contributed by atoms with Crippen LogP contribution in [-0.2, 0) is 9.59 Å². The van der Waals surface area contributed by atoms with Gasteiger partial charge in [-0.25, -0.2) is 0 Å². The molecule has 0 fully saturated rings. The SMILES string of the molecule is CCCCCC(=O)NCCCC[C@H](N)C(=O)CCCCCCCCCNCCCN. The third-order valence-corrected chi connectivity index (χ3v) is 5.52. The van der Waals surface area contributed by atoms with Gasteiger partial charge in [-0.1, -0.05) is 51.9 Å². The summed E-state index contributed by atoms with van der Waals surface area (Å²) in [4.78, 5) is 23.8. The zero-order chi connectivity index (χ0) is 22.3. The molecular formula is C24H50N4O2. The zero-order valence-electron chi connectivity index (χ0n) is 19.7. The second-order valence-corrected chi connectivity index (χ2v) is 8.49. The third-order valence-electron chi connectivity index (χ3n) is 5.52. The molecule has 0 aliphatic carbocycles. The molecule has 0 radical (unpaired) electrons. The van der Waals surface area contributed by atoms with E-state index in [9.17, 15) is 9.59 Å². The number of carbonyl (C=O) groups excluding carboxylic acids is 2. The van der Waals surface area contributed by atoms with Crippen molar-refractivity contribution in [3.63, 3.8) is 0 Å². The molecule has 0 unspecified atom stereocenters. The van der Waals surface area contributed by atoms with Crippen LogP contribution in [0.5, 0.6) is 0 Å². The molecule has 0 saturated carbocycles. The molecule has 0 heterocycles. The van der Waals surface area contributed by atoms with Gasteiger partial charge in [-0.15, -0.1) is 0 Å². The van der Waals surface area contributed by atoms with Crippen molar-refractivity contribution in [3.05, 3.63) is 0 Å². The highest BCUT2D eigenvalue weighted by Gasteiger charge is 2.12. The van der Waals surface area contributed by atoms with Gasteiger partial charge in [0, 0.05) is 19.4 Å². The van der Waals surface area contributed by atoms with Crippen LogP contribution in [0.4, 0.5) is 0 Å². The first-order valence-electron chi connectivity index (χ1n) is 12.6. The number of unbranched alkanes of at least 4 members (excludes halogenated alkanes) is 9. The summed E-state index contributed by atoms with van der Waals surface area (Å²) in [6.07, 6.45) is 16.3. The van der Waals surface area contributed by atoms with Crippen LogP contribution in [0, 0.1) is 0 Å². The quantitative estimate of drug-likeness (QED) is 0.186. The van der Waals surface area contributed by atoms with Gasteiger partial charge in [-0.05, 0) is 64.6 Å². The predicted octanol–water partition coefficient (Wildman–Crippen LogP) is 3.81. The summed E-state index contributed by atoms with van der Waals surface area (Å²) in [6, 6.07) is -0.336. The smallest absolute Gasteiger partial charge is 0.219 e. The minimum absolute atomic E-state index is 0.142. The molecule has 30 heavy (non-hydrogen) atoms. The summed E-state index contributed by atoms with van der Waals surface area (Å²) in [5.74, 6) is 0.338. The fraction of sp³-hybridized carbons (Fsp3) is 0.917. The van der Waals surface area contributed by atoms with Gasteiger partial charge in [0.05, 0.1) is 6.04 Å². The van der Waals surface area contributed by atoms with Crippen molar-refractivity contribution in [2.45, 2.75) is 116 Å². The molecule has 0 aromatic heterocycles. The lowest BCUT2D eigenvalue weighted by atomic mass is 10.0. The first-order chi connectivity index (χ1) is 14.6. The van der Waals surface area contributed by atoms with Gasteiger partial charge < -0.3 is 22.1 Å². The van der Waals surface area contributed by atoms with E-state index in [1.54, 1.807) is 0 Å². The van der Waals surface area contributed by atoms with E-state index in [1.165, 1.54) is 32.1 Å². The van der Waals surface area contributed by atoms with Crippen molar-refractivity contribution in [3.8, 4) is 0 Å². The number of Topliss-reactive ketones (excluding diaryl/α,β-unsaturated/α-hetero) is 1. The standard InChI is InChI=1S/C24H50N4O2/c1-2-3-9-17-24(30)28-21-13-11-15-22(26)23(29)16-10-7-5-4-6-8-12-19-27-20-14-18-25/h22,27H,2-21,25-26H2,1H3,(H,28,30)/t22-/m0/s1.